The zero-order valence-electron chi connectivity index (χ0n) is 14.7. The monoisotopic (exact) mass is 376 g/mol. The van der Waals surface area contributed by atoms with E-state index >= 15 is 0 Å². The summed E-state index contributed by atoms with van der Waals surface area (Å²) in [6, 6.07) is 5.84. The molecule has 0 unspecified atom stereocenters. The summed E-state index contributed by atoms with van der Waals surface area (Å²) in [6.07, 6.45) is 7.08. The van der Waals surface area contributed by atoms with Crippen LogP contribution in [0.3, 0.4) is 0 Å². The smallest absolute Gasteiger partial charge is 0.228 e. The van der Waals surface area contributed by atoms with Gasteiger partial charge in [0.05, 0.1) is 5.69 Å². The molecule has 2 aliphatic carbocycles. The van der Waals surface area contributed by atoms with Crippen LogP contribution in [0.2, 0.25) is 5.02 Å². The fourth-order valence-corrected chi connectivity index (χ4v) is 5.76. The van der Waals surface area contributed by atoms with Crippen molar-refractivity contribution < 1.29 is 4.79 Å². The molecule has 134 valence electrons. The number of thioether (sulfide) groups is 1. The molecule has 1 amide bonds. The van der Waals surface area contributed by atoms with Crippen molar-refractivity contribution in [3.8, 4) is 0 Å². The molecular formula is C20H25ClN2OS. The van der Waals surface area contributed by atoms with E-state index in [2.05, 4.69) is 0 Å². The molecule has 2 bridgehead atoms. The highest BCUT2D eigenvalue weighted by Gasteiger charge is 2.41. The number of amides is 1. The quantitative estimate of drug-likeness (QED) is 0.704. The van der Waals surface area contributed by atoms with Gasteiger partial charge in [-0.05, 0) is 68.1 Å². The summed E-state index contributed by atoms with van der Waals surface area (Å²) in [4.78, 5) is 19.6. The lowest BCUT2D eigenvalue weighted by Crippen LogP contribution is -2.40. The first-order valence-corrected chi connectivity index (χ1v) is 10.7. The first-order chi connectivity index (χ1) is 12.1. The normalized spacial score (nSPS) is 30.2. The third-order valence-electron chi connectivity index (χ3n) is 5.99. The van der Waals surface area contributed by atoms with Gasteiger partial charge in [0.25, 0.3) is 0 Å². The van der Waals surface area contributed by atoms with Crippen molar-refractivity contribution in [3.63, 3.8) is 0 Å². The third-order valence-corrected chi connectivity index (χ3v) is 7.46. The van der Waals surface area contributed by atoms with Crippen molar-refractivity contribution >= 4 is 40.1 Å². The van der Waals surface area contributed by atoms with E-state index in [4.69, 9.17) is 16.6 Å². The van der Waals surface area contributed by atoms with Crippen LogP contribution in [0.15, 0.2) is 23.2 Å². The van der Waals surface area contributed by atoms with Crippen LogP contribution in [0.4, 0.5) is 5.69 Å². The average molecular weight is 377 g/mol. The summed E-state index contributed by atoms with van der Waals surface area (Å²) < 4.78 is 0. The molecular weight excluding hydrogens is 352 g/mol. The topological polar surface area (TPSA) is 32.7 Å². The van der Waals surface area contributed by atoms with E-state index in [0.29, 0.717) is 12.3 Å². The maximum Gasteiger partial charge on any atom is 0.228 e. The van der Waals surface area contributed by atoms with Crippen molar-refractivity contribution in [1.82, 2.24) is 4.90 Å². The Kier molecular flexibility index (Phi) is 5.10. The van der Waals surface area contributed by atoms with Gasteiger partial charge in [0, 0.05) is 23.7 Å². The van der Waals surface area contributed by atoms with E-state index in [-0.39, 0.29) is 5.91 Å². The van der Waals surface area contributed by atoms with E-state index in [1.165, 1.54) is 25.7 Å². The minimum Gasteiger partial charge on any atom is -0.291 e. The van der Waals surface area contributed by atoms with Crippen molar-refractivity contribution in [3.05, 3.63) is 28.8 Å². The Balaban J connectivity index is 1.49. The summed E-state index contributed by atoms with van der Waals surface area (Å²) in [5.41, 5.74) is 1.88. The number of benzene rings is 1. The van der Waals surface area contributed by atoms with Gasteiger partial charge in [0.2, 0.25) is 5.91 Å². The van der Waals surface area contributed by atoms with E-state index < -0.39 is 0 Å². The molecule has 1 saturated heterocycles. The number of fused-ring (bicyclic) bond motifs is 2. The molecule has 1 heterocycles. The van der Waals surface area contributed by atoms with Gasteiger partial charge in [-0.2, -0.15) is 0 Å². The lowest BCUT2D eigenvalue weighted by Gasteiger charge is -2.30. The van der Waals surface area contributed by atoms with Crippen LogP contribution in [0, 0.1) is 24.7 Å². The maximum absolute atomic E-state index is 13.0. The number of nitrogens with zero attached hydrogens (tertiary/aromatic N) is 2. The third kappa shape index (κ3) is 3.75. The van der Waals surface area contributed by atoms with Crippen LogP contribution >= 0.6 is 23.4 Å². The van der Waals surface area contributed by atoms with Gasteiger partial charge < -0.3 is 0 Å². The van der Waals surface area contributed by atoms with Gasteiger partial charge in [-0.25, -0.2) is 4.99 Å². The molecule has 1 aromatic rings. The van der Waals surface area contributed by atoms with Crippen LogP contribution in [-0.2, 0) is 4.79 Å². The standard InChI is InChI=1S/C20H25ClN2OS/c1-13-3-6-17(12-18(13)21)22-20-23(7-2-8-25-20)19(24)11-16-10-14-4-5-15(16)9-14/h3,6,12,14-16H,2,4-5,7-11H2,1H3/t14-,15+,16-/m1/s1. The Hall–Kier alpha value is -1.00. The Morgan fingerprint density at radius 2 is 2.24 bits per heavy atom. The SMILES string of the molecule is Cc1ccc(N=C2SCCCN2C(=O)C[C@H]2C[C@@H]3CC[C@H]2C3)cc1Cl. The Morgan fingerprint density at radius 1 is 1.36 bits per heavy atom. The molecule has 3 atom stereocenters. The molecule has 25 heavy (non-hydrogen) atoms. The van der Waals surface area contributed by atoms with Gasteiger partial charge in [0.1, 0.15) is 0 Å². The molecule has 1 aromatic carbocycles. The van der Waals surface area contributed by atoms with Gasteiger partial charge in [-0.3, -0.25) is 9.69 Å². The molecule has 3 fully saturated rings. The molecule has 5 heteroatoms. The first-order valence-electron chi connectivity index (χ1n) is 9.38. The van der Waals surface area contributed by atoms with Crippen LogP contribution in [0.1, 0.15) is 44.1 Å². The summed E-state index contributed by atoms with van der Waals surface area (Å²) in [7, 11) is 0. The minimum atomic E-state index is 0.265. The minimum absolute atomic E-state index is 0.265. The molecule has 2 saturated carbocycles. The number of rotatable bonds is 3. The zero-order valence-corrected chi connectivity index (χ0v) is 16.3. The van der Waals surface area contributed by atoms with Crippen LogP contribution < -0.4 is 0 Å². The molecule has 4 rings (SSSR count). The fraction of sp³-hybridized carbons (Fsp3) is 0.600. The van der Waals surface area contributed by atoms with Gasteiger partial charge in [-0.15, -0.1) is 0 Å². The molecule has 0 N–H and O–H groups in total. The van der Waals surface area contributed by atoms with Gasteiger partial charge in [-0.1, -0.05) is 35.9 Å². The highest BCUT2D eigenvalue weighted by molar-refractivity contribution is 8.13. The number of aliphatic imine (C=N–C) groups is 1. The van der Waals surface area contributed by atoms with Crippen LogP contribution in [-0.4, -0.2) is 28.3 Å². The van der Waals surface area contributed by atoms with Gasteiger partial charge >= 0.3 is 0 Å². The summed E-state index contributed by atoms with van der Waals surface area (Å²) in [5, 5.41) is 1.57. The second-order valence-electron chi connectivity index (χ2n) is 7.71. The summed E-state index contributed by atoms with van der Waals surface area (Å²) >= 11 is 7.91. The largest absolute Gasteiger partial charge is 0.291 e. The van der Waals surface area contributed by atoms with E-state index in [1.807, 2.05) is 30.0 Å². The second kappa shape index (κ2) is 7.32. The number of halogens is 1. The summed E-state index contributed by atoms with van der Waals surface area (Å²) in [5.74, 6) is 3.58. The first kappa shape index (κ1) is 17.4. The Labute approximate surface area is 159 Å². The lowest BCUT2D eigenvalue weighted by atomic mass is 9.86. The van der Waals surface area contributed by atoms with Gasteiger partial charge in [0.15, 0.2) is 5.17 Å². The average Bonchev–Trinajstić information content (AvgIpc) is 3.21. The van der Waals surface area contributed by atoms with E-state index in [1.54, 1.807) is 11.8 Å². The van der Waals surface area contributed by atoms with Crippen molar-refractivity contribution in [2.75, 3.05) is 12.3 Å². The highest BCUT2D eigenvalue weighted by Crippen LogP contribution is 2.49. The van der Waals surface area contributed by atoms with Crippen molar-refractivity contribution in [2.45, 2.75) is 45.4 Å². The van der Waals surface area contributed by atoms with Crippen molar-refractivity contribution in [1.29, 1.82) is 0 Å². The van der Waals surface area contributed by atoms with Crippen LogP contribution in [0.5, 0.6) is 0 Å². The Morgan fingerprint density at radius 3 is 2.96 bits per heavy atom. The second-order valence-corrected chi connectivity index (χ2v) is 9.18. The number of amidine groups is 1. The summed E-state index contributed by atoms with van der Waals surface area (Å²) in [6.45, 7) is 2.78. The van der Waals surface area contributed by atoms with E-state index in [9.17, 15) is 4.79 Å². The molecule has 0 radical (unpaired) electrons. The number of hydrogen-bond acceptors (Lipinski definition) is 3. The molecule has 3 nitrogen and oxygen atoms in total. The highest BCUT2D eigenvalue weighted by atomic mass is 35.5. The number of hydrogen-bond donors (Lipinski definition) is 0. The maximum atomic E-state index is 13.0. The Bertz CT molecular complexity index is 705. The van der Waals surface area contributed by atoms with Crippen LogP contribution in [0.25, 0.3) is 0 Å². The predicted octanol–water partition coefficient (Wildman–Crippen LogP) is 5.43. The molecule has 3 aliphatic rings. The molecule has 0 spiro atoms. The van der Waals surface area contributed by atoms with Crippen molar-refractivity contribution in [2.24, 2.45) is 22.7 Å². The predicted molar refractivity (Wildman–Crippen MR) is 106 cm³/mol. The fourth-order valence-electron chi connectivity index (χ4n) is 4.61. The molecule has 0 aromatic heterocycles. The number of aryl methyl sites for hydroxylation is 1. The van der Waals surface area contributed by atoms with E-state index in [0.717, 1.165) is 52.0 Å². The number of carbonyl (C=O) groups excluding carboxylic acids is 1. The zero-order chi connectivity index (χ0) is 17.4. The lowest BCUT2D eigenvalue weighted by molar-refractivity contribution is -0.128. The number of carbonyl (C=O) groups is 1. The molecule has 1 aliphatic heterocycles.